The van der Waals surface area contributed by atoms with E-state index in [2.05, 4.69) is 14.9 Å². The molecule has 2 aromatic heterocycles. The molecule has 1 saturated heterocycles. The van der Waals surface area contributed by atoms with E-state index in [4.69, 9.17) is 4.74 Å². The number of likely N-dealkylation sites (tertiary alicyclic amines) is 1. The number of benzene rings is 2. The first-order valence-corrected chi connectivity index (χ1v) is 10.9. The number of nitrogens with one attached hydrogen (secondary N) is 2. The Balaban J connectivity index is 1.30. The lowest BCUT2D eigenvalue weighted by Crippen LogP contribution is -2.40. The number of carbonyl (C=O) groups is 1. The molecule has 1 aliphatic rings. The zero-order chi connectivity index (χ0) is 22.1. The van der Waals surface area contributed by atoms with Gasteiger partial charge in [-0.3, -0.25) is 14.5 Å². The number of hydrogen-bond acceptors (Lipinski definition) is 4. The van der Waals surface area contributed by atoms with Crippen LogP contribution in [0.4, 0.5) is 0 Å². The van der Waals surface area contributed by atoms with E-state index in [1.807, 2.05) is 54.6 Å². The Bertz CT molecular complexity index is 1340. The van der Waals surface area contributed by atoms with Gasteiger partial charge >= 0.3 is 5.97 Å². The summed E-state index contributed by atoms with van der Waals surface area (Å²) in [5.41, 5.74) is 2.97. The molecule has 0 radical (unpaired) electrons. The van der Waals surface area contributed by atoms with Crippen molar-refractivity contribution in [2.75, 3.05) is 26.2 Å². The number of para-hydroxylation sites is 1. The van der Waals surface area contributed by atoms with Gasteiger partial charge in [-0.2, -0.15) is 0 Å². The van der Waals surface area contributed by atoms with Gasteiger partial charge in [0, 0.05) is 29.5 Å². The van der Waals surface area contributed by atoms with E-state index in [1.165, 1.54) is 0 Å². The third kappa shape index (κ3) is 4.11. The summed E-state index contributed by atoms with van der Waals surface area (Å²) in [6.07, 6.45) is 1.65. The lowest BCUT2D eigenvalue weighted by molar-refractivity contribution is -0.143. The van der Waals surface area contributed by atoms with E-state index in [9.17, 15) is 14.7 Å². The summed E-state index contributed by atoms with van der Waals surface area (Å²) >= 11 is 0. The Morgan fingerprint density at radius 3 is 2.78 bits per heavy atom. The highest BCUT2D eigenvalue weighted by atomic mass is 16.5. The number of ether oxygens (including phenoxy) is 1. The summed E-state index contributed by atoms with van der Waals surface area (Å²) in [5.74, 6) is -0.242. The molecule has 32 heavy (non-hydrogen) atoms. The molecule has 4 aromatic rings. The third-order valence-electron chi connectivity index (χ3n) is 6.17. The molecule has 2 aromatic carbocycles. The number of carboxylic acids is 1. The number of rotatable bonds is 6. The van der Waals surface area contributed by atoms with Crippen molar-refractivity contribution in [3.05, 3.63) is 65.0 Å². The van der Waals surface area contributed by atoms with Gasteiger partial charge in [0.2, 0.25) is 0 Å². The first-order valence-electron chi connectivity index (χ1n) is 10.9. The molecule has 164 valence electrons. The van der Waals surface area contributed by atoms with Crippen LogP contribution in [0.5, 0.6) is 5.75 Å². The minimum absolute atomic E-state index is 0.132. The van der Waals surface area contributed by atoms with E-state index in [-0.39, 0.29) is 11.5 Å². The predicted molar refractivity (Wildman–Crippen MR) is 124 cm³/mol. The van der Waals surface area contributed by atoms with Gasteiger partial charge in [-0.25, -0.2) is 0 Å². The molecule has 0 spiro atoms. The van der Waals surface area contributed by atoms with Crippen LogP contribution in [0.3, 0.4) is 0 Å². The van der Waals surface area contributed by atoms with Gasteiger partial charge in [-0.05, 0) is 61.2 Å². The van der Waals surface area contributed by atoms with Crippen molar-refractivity contribution in [2.24, 2.45) is 5.92 Å². The van der Waals surface area contributed by atoms with Crippen LogP contribution in [-0.2, 0) is 4.79 Å². The van der Waals surface area contributed by atoms with Crippen LogP contribution < -0.4 is 10.3 Å². The summed E-state index contributed by atoms with van der Waals surface area (Å²) in [4.78, 5) is 32.2. The number of pyridine rings is 1. The Morgan fingerprint density at radius 2 is 1.91 bits per heavy atom. The fourth-order valence-corrected chi connectivity index (χ4v) is 4.45. The average Bonchev–Trinajstić information content (AvgIpc) is 3.22. The number of fused-ring (bicyclic) bond motifs is 2. The second-order valence-corrected chi connectivity index (χ2v) is 8.36. The van der Waals surface area contributed by atoms with Gasteiger partial charge in [0.05, 0.1) is 17.2 Å². The van der Waals surface area contributed by atoms with Crippen LogP contribution >= 0.6 is 0 Å². The summed E-state index contributed by atoms with van der Waals surface area (Å²) in [6, 6.07) is 17.4. The molecule has 0 bridgehead atoms. The van der Waals surface area contributed by atoms with Crippen molar-refractivity contribution in [2.45, 2.75) is 12.8 Å². The number of hydrogen-bond donors (Lipinski definition) is 3. The van der Waals surface area contributed by atoms with E-state index < -0.39 is 5.97 Å². The summed E-state index contributed by atoms with van der Waals surface area (Å²) in [5, 5.41) is 11.2. The average molecular weight is 431 g/mol. The largest absolute Gasteiger partial charge is 0.492 e. The zero-order valence-electron chi connectivity index (χ0n) is 17.6. The molecule has 1 atom stereocenters. The minimum atomic E-state index is -0.713. The molecule has 7 heteroatoms. The van der Waals surface area contributed by atoms with Gasteiger partial charge in [0.1, 0.15) is 12.4 Å². The second kappa shape index (κ2) is 8.51. The van der Waals surface area contributed by atoms with Crippen LogP contribution in [0.15, 0.2) is 59.4 Å². The molecule has 3 N–H and O–H groups in total. The standard InChI is InChI=1S/C25H25N3O4/c29-24-20(13-16-4-1-2-6-21(16)27-24)23-14-18-12-19(7-8-22(18)26-23)32-11-10-28-9-3-5-17(15-28)25(30)31/h1-2,4,6-8,12-14,17,26H,3,5,9-11,15H2,(H,27,29)(H,30,31). The number of carboxylic acid groups (broad SMARTS) is 1. The number of nitrogens with zero attached hydrogens (tertiary/aromatic N) is 1. The predicted octanol–water partition coefficient (Wildman–Crippen LogP) is 3.85. The van der Waals surface area contributed by atoms with E-state index in [0.717, 1.165) is 52.6 Å². The van der Waals surface area contributed by atoms with Crippen LogP contribution in [0.2, 0.25) is 0 Å². The minimum Gasteiger partial charge on any atom is -0.492 e. The monoisotopic (exact) mass is 431 g/mol. The van der Waals surface area contributed by atoms with E-state index in [0.29, 0.717) is 25.3 Å². The maximum absolute atomic E-state index is 12.6. The number of aromatic amines is 2. The van der Waals surface area contributed by atoms with Crippen LogP contribution in [0.25, 0.3) is 33.1 Å². The molecule has 0 aliphatic carbocycles. The van der Waals surface area contributed by atoms with Crippen LogP contribution in [0, 0.1) is 5.92 Å². The van der Waals surface area contributed by atoms with Crippen molar-refractivity contribution in [3.63, 3.8) is 0 Å². The van der Waals surface area contributed by atoms with Crippen molar-refractivity contribution >= 4 is 27.8 Å². The smallest absolute Gasteiger partial charge is 0.307 e. The second-order valence-electron chi connectivity index (χ2n) is 8.36. The molecule has 5 rings (SSSR count). The summed E-state index contributed by atoms with van der Waals surface area (Å²) in [6.45, 7) is 2.69. The highest BCUT2D eigenvalue weighted by Crippen LogP contribution is 2.27. The van der Waals surface area contributed by atoms with Gasteiger partial charge in [-0.1, -0.05) is 18.2 Å². The molecule has 0 saturated carbocycles. The first-order chi connectivity index (χ1) is 15.6. The SMILES string of the molecule is O=C(O)C1CCCN(CCOc2ccc3[nH]c(-c4cc5ccccc5[nH]c4=O)cc3c2)C1. The lowest BCUT2D eigenvalue weighted by atomic mass is 9.98. The molecule has 7 nitrogen and oxygen atoms in total. The molecular formula is C25H25N3O4. The van der Waals surface area contributed by atoms with Crippen molar-refractivity contribution < 1.29 is 14.6 Å². The van der Waals surface area contributed by atoms with Gasteiger partial charge < -0.3 is 19.8 Å². The molecular weight excluding hydrogens is 406 g/mol. The number of H-pyrrole nitrogens is 2. The maximum atomic E-state index is 12.6. The quantitative estimate of drug-likeness (QED) is 0.431. The molecule has 1 unspecified atom stereocenters. The highest BCUT2D eigenvalue weighted by molar-refractivity contribution is 5.89. The molecule has 0 amide bonds. The fourth-order valence-electron chi connectivity index (χ4n) is 4.45. The molecule has 1 fully saturated rings. The fraction of sp³-hybridized carbons (Fsp3) is 0.280. The zero-order valence-corrected chi connectivity index (χ0v) is 17.6. The highest BCUT2D eigenvalue weighted by Gasteiger charge is 2.25. The van der Waals surface area contributed by atoms with Crippen molar-refractivity contribution in [1.82, 2.24) is 14.9 Å². The lowest BCUT2D eigenvalue weighted by Gasteiger charge is -2.30. The Labute approximate surface area is 184 Å². The molecule has 3 heterocycles. The Morgan fingerprint density at radius 1 is 1.06 bits per heavy atom. The number of aliphatic carboxylic acids is 1. The number of piperidine rings is 1. The normalized spacial score (nSPS) is 17.1. The first kappa shape index (κ1) is 20.3. The van der Waals surface area contributed by atoms with Gasteiger partial charge in [-0.15, -0.1) is 0 Å². The maximum Gasteiger partial charge on any atom is 0.307 e. The molecule has 1 aliphatic heterocycles. The van der Waals surface area contributed by atoms with E-state index >= 15 is 0 Å². The third-order valence-corrected chi connectivity index (χ3v) is 6.17. The van der Waals surface area contributed by atoms with Crippen LogP contribution in [0.1, 0.15) is 12.8 Å². The van der Waals surface area contributed by atoms with Crippen LogP contribution in [-0.4, -0.2) is 52.2 Å². The van der Waals surface area contributed by atoms with Crippen molar-refractivity contribution in [3.8, 4) is 17.0 Å². The van der Waals surface area contributed by atoms with E-state index in [1.54, 1.807) is 0 Å². The topological polar surface area (TPSA) is 98.4 Å². The van der Waals surface area contributed by atoms with Gasteiger partial charge in [0.25, 0.3) is 5.56 Å². The summed E-state index contributed by atoms with van der Waals surface area (Å²) in [7, 11) is 0. The summed E-state index contributed by atoms with van der Waals surface area (Å²) < 4.78 is 5.94. The number of aromatic nitrogens is 2. The van der Waals surface area contributed by atoms with Gasteiger partial charge in [0.15, 0.2) is 0 Å². The Kier molecular flexibility index (Phi) is 5.41. The van der Waals surface area contributed by atoms with Crippen molar-refractivity contribution in [1.29, 1.82) is 0 Å². The Hall–Kier alpha value is -3.58.